The Hall–Kier alpha value is -2.15. The molecule has 0 radical (unpaired) electrons. The SMILES string of the molecule is Cc1c(N(C)CC2CCCO2)cc(C(=O)O)cc1[N+](=O)[O-]. The van der Waals surface area contributed by atoms with Gasteiger partial charge in [-0.1, -0.05) is 0 Å². The van der Waals surface area contributed by atoms with Crippen LogP contribution in [0.3, 0.4) is 0 Å². The van der Waals surface area contributed by atoms with E-state index in [2.05, 4.69) is 0 Å². The fourth-order valence-corrected chi connectivity index (χ4v) is 2.59. The monoisotopic (exact) mass is 294 g/mol. The summed E-state index contributed by atoms with van der Waals surface area (Å²) in [4.78, 5) is 23.5. The van der Waals surface area contributed by atoms with Gasteiger partial charge in [0.25, 0.3) is 5.69 Å². The maximum Gasteiger partial charge on any atom is 0.336 e. The number of likely N-dealkylation sites (N-methyl/N-ethyl adjacent to an activating group) is 1. The smallest absolute Gasteiger partial charge is 0.336 e. The zero-order valence-corrected chi connectivity index (χ0v) is 12.0. The molecule has 7 nitrogen and oxygen atoms in total. The normalized spacial score (nSPS) is 17.7. The van der Waals surface area contributed by atoms with Gasteiger partial charge < -0.3 is 14.7 Å². The van der Waals surface area contributed by atoms with Crippen LogP contribution in [-0.2, 0) is 4.74 Å². The Morgan fingerprint density at radius 1 is 1.57 bits per heavy atom. The van der Waals surface area contributed by atoms with E-state index < -0.39 is 10.9 Å². The van der Waals surface area contributed by atoms with Crippen LogP contribution < -0.4 is 4.90 Å². The summed E-state index contributed by atoms with van der Waals surface area (Å²) in [6.45, 7) is 2.94. The molecular weight excluding hydrogens is 276 g/mol. The lowest BCUT2D eigenvalue weighted by Crippen LogP contribution is -2.29. The number of nitrogens with zero attached hydrogens (tertiary/aromatic N) is 2. The Labute approximate surface area is 122 Å². The number of carboxylic acids is 1. The molecule has 0 saturated carbocycles. The van der Waals surface area contributed by atoms with E-state index in [0.717, 1.165) is 25.5 Å². The number of carboxylic acid groups (broad SMARTS) is 1. The minimum absolute atomic E-state index is 0.0820. The van der Waals surface area contributed by atoms with Crippen molar-refractivity contribution in [2.75, 3.05) is 25.1 Å². The van der Waals surface area contributed by atoms with Crippen LogP contribution in [-0.4, -0.2) is 42.3 Å². The van der Waals surface area contributed by atoms with Gasteiger partial charge in [0.15, 0.2) is 0 Å². The van der Waals surface area contributed by atoms with Gasteiger partial charge >= 0.3 is 5.97 Å². The molecule has 1 aliphatic heterocycles. The summed E-state index contributed by atoms with van der Waals surface area (Å²) in [5, 5.41) is 20.2. The molecule has 1 fully saturated rings. The molecular formula is C14H18N2O5. The first-order chi connectivity index (χ1) is 9.90. The topological polar surface area (TPSA) is 92.9 Å². The van der Waals surface area contributed by atoms with Crippen LogP contribution in [0.5, 0.6) is 0 Å². The molecule has 1 saturated heterocycles. The quantitative estimate of drug-likeness (QED) is 0.661. The Morgan fingerprint density at radius 2 is 2.29 bits per heavy atom. The van der Waals surface area contributed by atoms with Gasteiger partial charge in [-0.15, -0.1) is 0 Å². The number of carbonyl (C=O) groups is 1. The van der Waals surface area contributed by atoms with Crippen molar-refractivity contribution in [1.29, 1.82) is 0 Å². The molecule has 1 aromatic carbocycles. The van der Waals surface area contributed by atoms with Crippen molar-refractivity contribution < 1.29 is 19.6 Å². The van der Waals surface area contributed by atoms with E-state index in [9.17, 15) is 14.9 Å². The number of ether oxygens (including phenoxy) is 1. The molecule has 7 heteroatoms. The van der Waals surface area contributed by atoms with Crippen molar-refractivity contribution in [3.8, 4) is 0 Å². The molecule has 1 unspecified atom stereocenters. The molecule has 0 amide bonds. The third-order valence-corrected chi connectivity index (χ3v) is 3.71. The molecule has 1 heterocycles. The Bertz CT molecular complexity index is 567. The zero-order valence-electron chi connectivity index (χ0n) is 12.0. The maximum absolute atomic E-state index is 11.1. The molecule has 0 aromatic heterocycles. The van der Waals surface area contributed by atoms with Gasteiger partial charge in [-0.25, -0.2) is 4.79 Å². The fourth-order valence-electron chi connectivity index (χ4n) is 2.59. The lowest BCUT2D eigenvalue weighted by atomic mass is 10.1. The summed E-state index contributed by atoms with van der Waals surface area (Å²) in [7, 11) is 1.79. The van der Waals surface area contributed by atoms with Gasteiger partial charge in [0.1, 0.15) is 0 Å². The molecule has 1 aromatic rings. The zero-order chi connectivity index (χ0) is 15.6. The number of benzene rings is 1. The molecule has 114 valence electrons. The highest BCUT2D eigenvalue weighted by molar-refractivity contribution is 5.90. The first-order valence-electron chi connectivity index (χ1n) is 6.75. The van der Waals surface area contributed by atoms with E-state index in [-0.39, 0.29) is 17.4 Å². The predicted molar refractivity (Wildman–Crippen MR) is 77.0 cm³/mol. The second kappa shape index (κ2) is 6.09. The average Bonchev–Trinajstić information content (AvgIpc) is 2.90. The summed E-state index contributed by atoms with van der Waals surface area (Å²) in [5.74, 6) is -1.18. The number of anilines is 1. The molecule has 1 aliphatic rings. The van der Waals surface area contributed by atoms with Crippen LogP contribution in [0.2, 0.25) is 0 Å². The largest absolute Gasteiger partial charge is 0.478 e. The van der Waals surface area contributed by atoms with E-state index in [1.54, 1.807) is 14.0 Å². The Balaban J connectivity index is 2.35. The van der Waals surface area contributed by atoms with Crippen molar-refractivity contribution in [2.24, 2.45) is 0 Å². The van der Waals surface area contributed by atoms with Gasteiger partial charge in [-0.3, -0.25) is 10.1 Å². The van der Waals surface area contributed by atoms with Crippen molar-refractivity contribution in [1.82, 2.24) is 0 Å². The number of nitro groups is 1. The third kappa shape index (κ3) is 3.30. The highest BCUT2D eigenvalue weighted by Gasteiger charge is 2.23. The summed E-state index contributed by atoms with van der Waals surface area (Å²) >= 11 is 0. The van der Waals surface area contributed by atoms with E-state index in [0.29, 0.717) is 17.8 Å². The second-order valence-electron chi connectivity index (χ2n) is 5.22. The number of hydrogen-bond donors (Lipinski definition) is 1. The van der Waals surface area contributed by atoms with E-state index in [4.69, 9.17) is 9.84 Å². The van der Waals surface area contributed by atoms with Crippen LogP contribution in [0, 0.1) is 17.0 Å². The average molecular weight is 294 g/mol. The minimum atomic E-state index is -1.18. The van der Waals surface area contributed by atoms with Crippen LogP contribution in [0.25, 0.3) is 0 Å². The van der Waals surface area contributed by atoms with E-state index in [1.807, 2.05) is 4.90 Å². The lowest BCUT2D eigenvalue weighted by Gasteiger charge is -2.24. The van der Waals surface area contributed by atoms with Crippen LogP contribution >= 0.6 is 0 Å². The summed E-state index contributed by atoms with van der Waals surface area (Å²) < 4.78 is 5.55. The number of aromatic carboxylic acids is 1. The number of rotatable bonds is 5. The highest BCUT2D eigenvalue weighted by atomic mass is 16.6. The fraction of sp³-hybridized carbons (Fsp3) is 0.500. The molecule has 0 spiro atoms. The first kappa shape index (κ1) is 15.2. The van der Waals surface area contributed by atoms with Crippen LogP contribution in [0.1, 0.15) is 28.8 Å². The van der Waals surface area contributed by atoms with E-state index >= 15 is 0 Å². The second-order valence-corrected chi connectivity index (χ2v) is 5.22. The van der Waals surface area contributed by atoms with Crippen LogP contribution in [0.4, 0.5) is 11.4 Å². The Kier molecular flexibility index (Phi) is 4.42. The molecule has 1 N–H and O–H groups in total. The standard InChI is InChI=1S/C14H18N2O5/c1-9-12(15(2)8-11-4-3-5-21-11)6-10(14(17)18)7-13(9)16(19)20/h6-7,11H,3-5,8H2,1-2H3,(H,17,18). The van der Waals surface area contributed by atoms with Gasteiger partial charge in [-0.2, -0.15) is 0 Å². The third-order valence-electron chi connectivity index (χ3n) is 3.71. The summed E-state index contributed by atoms with van der Waals surface area (Å²) in [6, 6.07) is 2.57. The lowest BCUT2D eigenvalue weighted by molar-refractivity contribution is -0.385. The molecule has 1 atom stereocenters. The minimum Gasteiger partial charge on any atom is -0.478 e. The summed E-state index contributed by atoms with van der Waals surface area (Å²) in [6.07, 6.45) is 2.04. The van der Waals surface area contributed by atoms with E-state index in [1.165, 1.54) is 6.07 Å². The Morgan fingerprint density at radius 3 is 2.81 bits per heavy atom. The van der Waals surface area contributed by atoms with Crippen LogP contribution in [0.15, 0.2) is 12.1 Å². The molecule has 2 rings (SSSR count). The maximum atomic E-state index is 11.1. The highest BCUT2D eigenvalue weighted by Crippen LogP contribution is 2.30. The van der Waals surface area contributed by atoms with Gasteiger partial charge in [0, 0.05) is 32.0 Å². The summed E-state index contributed by atoms with van der Waals surface area (Å²) in [5.41, 5.74) is 0.758. The van der Waals surface area contributed by atoms with Gasteiger partial charge in [0.05, 0.1) is 22.2 Å². The van der Waals surface area contributed by atoms with Crippen molar-refractivity contribution in [3.05, 3.63) is 33.4 Å². The molecule has 0 bridgehead atoms. The number of nitro benzene ring substituents is 1. The predicted octanol–water partition coefficient (Wildman–Crippen LogP) is 2.22. The van der Waals surface area contributed by atoms with Crippen molar-refractivity contribution >= 4 is 17.3 Å². The van der Waals surface area contributed by atoms with Gasteiger partial charge in [-0.05, 0) is 25.8 Å². The van der Waals surface area contributed by atoms with Gasteiger partial charge in [0.2, 0.25) is 0 Å². The van der Waals surface area contributed by atoms with Crippen molar-refractivity contribution in [2.45, 2.75) is 25.9 Å². The first-order valence-corrected chi connectivity index (χ1v) is 6.75. The molecule has 21 heavy (non-hydrogen) atoms. The molecule has 0 aliphatic carbocycles. The number of hydrogen-bond acceptors (Lipinski definition) is 5. The van der Waals surface area contributed by atoms with Crippen molar-refractivity contribution in [3.63, 3.8) is 0 Å².